The molecule has 0 atom stereocenters. The van der Waals surface area contributed by atoms with E-state index in [0.717, 1.165) is 33.5 Å². The highest BCUT2D eigenvalue weighted by molar-refractivity contribution is 9.10. The van der Waals surface area contributed by atoms with Gasteiger partial charge in [-0.1, -0.05) is 40.2 Å². The van der Waals surface area contributed by atoms with Gasteiger partial charge in [0.15, 0.2) is 0 Å². The van der Waals surface area contributed by atoms with Crippen molar-refractivity contribution in [3.63, 3.8) is 0 Å². The van der Waals surface area contributed by atoms with E-state index in [1.165, 1.54) is 44.1 Å². The molecule has 0 radical (unpaired) electrons. The Labute approximate surface area is 232 Å². The van der Waals surface area contributed by atoms with Crippen LogP contribution in [0.25, 0.3) is 0 Å². The molecule has 6 heteroatoms. The molecule has 1 N–H and O–H groups in total. The van der Waals surface area contributed by atoms with Gasteiger partial charge in [-0.25, -0.2) is 5.43 Å². The first-order valence-corrected chi connectivity index (χ1v) is 14.3. The van der Waals surface area contributed by atoms with E-state index in [-0.39, 0.29) is 12.5 Å². The number of hydrogen-bond donors (Lipinski definition) is 1. The average molecular weight is 574 g/mol. The zero-order valence-corrected chi connectivity index (χ0v) is 23.2. The van der Waals surface area contributed by atoms with Crippen LogP contribution < -0.4 is 14.9 Å². The molecule has 4 aliphatic carbocycles. The topological polar surface area (TPSA) is 59.9 Å². The summed E-state index contributed by atoms with van der Waals surface area (Å²) in [6.07, 6.45) is 8.42. The van der Waals surface area contributed by atoms with Crippen LogP contribution in [0.15, 0.2) is 82.4 Å². The predicted octanol–water partition coefficient (Wildman–Crippen LogP) is 7.14. The van der Waals surface area contributed by atoms with Crippen LogP contribution in [0.2, 0.25) is 0 Å². The molecule has 4 aliphatic rings. The van der Waals surface area contributed by atoms with E-state index in [9.17, 15) is 4.79 Å². The average Bonchev–Trinajstić information content (AvgIpc) is 2.93. The van der Waals surface area contributed by atoms with Gasteiger partial charge < -0.3 is 9.47 Å². The second kappa shape index (κ2) is 10.6. The molecule has 196 valence electrons. The van der Waals surface area contributed by atoms with Crippen LogP contribution in [-0.2, 0) is 5.41 Å². The van der Waals surface area contributed by atoms with E-state index in [4.69, 9.17) is 9.47 Å². The lowest BCUT2D eigenvalue weighted by Gasteiger charge is -2.57. The lowest BCUT2D eigenvalue weighted by Crippen LogP contribution is -2.48. The van der Waals surface area contributed by atoms with E-state index in [1.54, 1.807) is 31.4 Å². The van der Waals surface area contributed by atoms with Gasteiger partial charge in [0.2, 0.25) is 0 Å². The summed E-state index contributed by atoms with van der Waals surface area (Å²) in [4.78, 5) is 12.7. The first kappa shape index (κ1) is 25.2. The summed E-state index contributed by atoms with van der Waals surface area (Å²) in [5.41, 5.74) is 6.58. The number of halogens is 1. The van der Waals surface area contributed by atoms with Crippen molar-refractivity contribution in [2.24, 2.45) is 22.9 Å². The number of rotatable bonds is 8. The van der Waals surface area contributed by atoms with Gasteiger partial charge in [-0.15, -0.1) is 0 Å². The molecule has 4 bridgehead atoms. The molecule has 7 rings (SSSR count). The monoisotopic (exact) mass is 572 g/mol. The largest absolute Gasteiger partial charge is 0.497 e. The maximum Gasteiger partial charge on any atom is 0.271 e. The molecule has 4 saturated carbocycles. The first-order valence-electron chi connectivity index (χ1n) is 13.5. The molecule has 3 aromatic carbocycles. The molecule has 4 fully saturated rings. The zero-order chi connectivity index (χ0) is 26.1. The Bertz CT molecular complexity index is 1280. The third kappa shape index (κ3) is 5.24. The van der Waals surface area contributed by atoms with Crippen molar-refractivity contribution < 1.29 is 14.3 Å². The zero-order valence-electron chi connectivity index (χ0n) is 21.7. The summed E-state index contributed by atoms with van der Waals surface area (Å²) >= 11 is 3.49. The van der Waals surface area contributed by atoms with Crippen molar-refractivity contribution in [1.82, 2.24) is 5.43 Å². The van der Waals surface area contributed by atoms with Crippen molar-refractivity contribution in [2.75, 3.05) is 13.7 Å². The number of ether oxygens (including phenoxy) is 2. The van der Waals surface area contributed by atoms with Crippen LogP contribution >= 0.6 is 15.9 Å². The van der Waals surface area contributed by atoms with Gasteiger partial charge in [0.25, 0.3) is 5.91 Å². The summed E-state index contributed by atoms with van der Waals surface area (Å²) in [6.45, 7) is 0.237. The van der Waals surface area contributed by atoms with E-state index in [1.807, 2.05) is 24.3 Å². The minimum atomic E-state index is -0.290. The van der Waals surface area contributed by atoms with Crippen LogP contribution in [0.1, 0.15) is 60.0 Å². The fourth-order valence-corrected chi connectivity index (χ4v) is 7.53. The molecule has 0 saturated heterocycles. The number of methoxy groups -OCH3 is 1. The Balaban J connectivity index is 1.16. The Morgan fingerprint density at radius 2 is 1.39 bits per heavy atom. The van der Waals surface area contributed by atoms with Crippen molar-refractivity contribution in [2.45, 2.75) is 43.9 Å². The van der Waals surface area contributed by atoms with Gasteiger partial charge in [-0.2, -0.15) is 5.10 Å². The lowest BCUT2D eigenvalue weighted by molar-refractivity contribution is -0.00520. The Morgan fingerprint density at radius 3 is 1.97 bits per heavy atom. The van der Waals surface area contributed by atoms with E-state index >= 15 is 0 Å². The van der Waals surface area contributed by atoms with Gasteiger partial charge in [0, 0.05) is 15.6 Å². The summed E-state index contributed by atoms with van der Waals surface area (Å²) in [5, 5.41) is 4.45. The summed E-state index contributed by atoms with van der Waals surface area (Å²) in [6, 6.07) is 23.5. The molecule has 3 aromatic rings. The van der Waals surface area contributed by atoms with Crippen molar-refractivity contribution >= 4 is 27.5 Å². The Hall–Kier alpha value is -3.12. The number of carbonyl (C=O) groups excluding carboxylic acids is 1. The first-order chi connectivity index (χ1) is 18.5. The van der Waals surface area contributed by atoms with Gasteiger partial charge in [-0.3, -0.25) is 4.79 Å². The molecule has 5 nitrogen and oxygen atoms in total. The number of nitrogens with one attached hydrogen (secondary N) is 1. The molecule has 0 unspecified atom stereocenters. The maximum absolute atomic E-state index is 12.7. The van der Waals surface area contributed by atoms with Crippen LogP contribution in [0, 0.1) is 17.8 Å². The summed E-state index contributed by atoms with van der Waals surface area (Å²) < 4.78 is 12.3. The second-order valence-electron chi connectivity index (χ2n) is 11.2. The highest BCUT2D eigenvalue weighted by Gasteiger charge is 2.51. The van der Waals surface area contributed by atoms with Crippen LogP contribution in [-0.4, -0.2) is 25.3 Å². The number of amides is 1. The van der Waals surface area contributed by atoms with Gasteiger partial charge in [0.05, 0.1) is 7.11 Å². The molecular weight excluding hydrogens is 540 g/mol. The molecular formula is C32H33BrN2O3. The number of carbonyl (C=O) groups is 1. The molecule has 38 heavy (non-hydrogen) atoms. The molecule has 0 aliphatic heterocycles. The highest BCUT2D eigenvalue weighted by atomic mass is 79.9. The predicted molar refractivity (Wildman–Crippen MR) is 153 cm³/mol. The maximum atomic E-state index is 12.7. The SMILES string of the molecule is COc1ccc(C(=O)N/N=C(/COc2ccc(C34CC5CC(CC(C5)C3)C4)cc2)c2ccc(Br)cc2)cc1. The normalized spacial score (nSPS) is 25.7. The second-order valence-corrected chi connectivity index (χ2v) is 12.2. The molecule has 0 aromatic heterocycles. The molecule has 0 heterocycles. The molecule has 0 spiro atoms. The van der Waals surface area contributed by atoms with E-state index in [2.05, 4.69) is 50.7 Å². The fraction of sp³-hybridized carbons (Fsp3) is 0.375. The van der Waals surface area contributed by atoms with E-state index < -0.39 is 0 Å². The Morgan fingerprint density at radius 1 is 0.842 bits per heavy atom. The van der Waals surface area contributed by atoms with Crippen LogP contribution in [0.5, 0.6) is 11.5 Å². The van der Waals surface area contributed by atoms with Crippen molar-refractivity contribution in [3.8, 4) is 11.5 Å². The number of nitrogens with zero attached hydrogens (tertiary/aromatic N) is 1. The van der Waals surface area contributed by atoms with Gasteiger partial charge >= 0.3 is 0 Å². The minimum Gasteiger partial charge on any atom is -0.497 e. The number of hydrazone groups is 1. The third-order valence-corrected chi connectivity index (χ3v) is 9.23. The van der Waals surface area contributed by atoms with Crippen molar-refractivity contribution in [3.05, 3.63) is 94.0 Å². The van der Waals surface area contributed by atoms with Crippen LogP contribution in [0.4, 0.5) is 0 Å². The highest BCUT2D eigenvalue weighted by Crippen LogP contribution is 2.60. The van der Waals surface area contributed by atoms with Gasteiger partial charge in [0.1, 0.15) is 23.8 Å². The number of benzene rings is 3. The lowest BCUT2D eigenvalue weighted by atomic mass is 9.48. The summed E-state index contributed by atoms with van der Waals surface area (Å²) in [7, 11) is 1.60. The van der Waals surface area contributed by atoms with Crippen LogP contribution in [0.3, 0.4) is 0 Å². The van der Waals surface area contributed by atoms with Crippen molar-refractivity contribution in [1.29, 1.82) is 0 Å². The number of hydrogen-bond acceptors (Lipinski definition) is 4. The fourth-order valence-electron chi connectivity index (χ4n) is 7.27. The minimum absolute atomic E-state index is 0.237. The summed E-state index contributed by atoms with van der Waals surface area (Å²) in [5.74, 6) is 4.00. The third-order valence-electron chi connectivity index (χ3n) is 8.70. The van der Waals surface area contributed by atoms with E-state index in [0.29, 0.717) is 22.4 Å². The Kier molecular flexibility index (Phi) is 7.00. The molecule has 1 amide bonds. The standard InChI is InChI=1S/C32H33BrN2O3/c1-37-28-10-4-25(5-11-28)31(36)35-34-30(24-2-8-27(33)9-3-24)20-38-29-12-6-26(7-13-29)32-17-21-14-22(18-32)16-23(15-21)19-32/h2-13,21-23H,14-20H2,1H3,(H,35,36)/b34-30-. The quantitative estimate of drug-likeness (QED) is 0.230. The smallest absolute Gasteiger partial charge is 0.271 e. The van der Waals surface area contributed by atoms with Gasteiger partial charge in [-0.05, 0) is 116 Å².